The Morgan fingerprint density at radius 3 is 2.59 bits per heavy atom. The van der Waals surface area contributed by atoms with E-state index in [9.17, 15) is 13.2 Å². The van der Waals surface area contributed by atoms with E-state index in [4.69, 9.17) is 25.8 Å². The first kappa shape index (κ1) is 20.0. The van der Waals surface area contributed by atoms with Crippen molar-refractivity contribution >= 4 is 33.2 Å². The molecule has 1 fully saturated rings. The summed E-state index contributed by atoms with van der Waals surface area (Å²) >= 11 is 6.18. The maximum atomic E-state index is 12.8. The van der Waals surface area contributed by atoms with Crippen LogP contribution in [0.5, 0.6) is 11.5 Å². The highest BCUT2D eigenvalue weighted by molar-refractivity contribution is 7.89. The van der Waals surface area contributed by atoms with Gasteiger partial charge < -0.3 is 19.5 Å². The van der Waals surface area contributed by atoms with Crippen molar-refractivity contribution in [2.75, 3.05) is 38.2 Å². The summed E-state index contributed by atoms with van der Waals surface area (Å²) in [5.74, 6) is 0.546. The topological polar surface area (TPSA) is 94.2 Å². The molecule has 2 heterocycles. The second kappa shape index (κ2) is 8.19. The number of para-hydroxylation sites is 2. The summed E-state index contributed by atoms with van der Waals surface area (Å²) in [6.07, 6.45) is -0.888. The number of morpholine rings is 1. The van der Waals surface area contributed by atoms with E-state index < -0.39 is 22.0 Å². The van der Waals surface area contributed by atoms with E-state index in [1.807, 2.05) is 6.07 Å². The van der Waals surface area contributed by atoms with Crippen LogP contribution in [-0.2, 0) is 19.6 Å². The number of nitrogens with zero attached hydrogens (tertiary/aromatic N) is 1. The Labute approximate surface area is 173 Å². The van der Waals surface area contributed by atoms with Crippen LogP contribution in [0.1, 0.15) is 0 Å². The largest absolute Gasteiger partial charge is 0.485 e. The number of benzene rings is 2. The average Bonchev–Trinajstić information content (AvgIpc) is 2.75. The van der Waals surface area contributed by atoms with E-state index in [2.05, 4.69) is 5.32 Å². The highest BCUT2D eigenvalue weighted by atomic mass is 35.5. The van der Waals surface area contributed by atoms with Crippen LogP contribution in [0.15, 0.2) is 47.4 Å². The van der Waals surface area contributed by atoms with E-state index in [0.29, 0.717) is 24.7 Å². The number of halogens is 1. The zero-order valence-corrected chi connectivity index (χ0v) is 16.9. The Balaban J connectivity index is 1.52. The van der Waals surface area contributed by atoms with Gasteiger partial charge in [-0.1, -0.05) is 23.7 Å². The van der Waals surface area contributed by atoms with Gasteiger partial charge in [0.2, 0.25) is 16.1 Å². The van der Waals surface area contributed by atoms with Crippen LogP contribution in [0.2, 0.25) is 5.02 Å². The second-order valence-corrected chi connectivity index (χ2v) is 8.86. The van der Waals surface area contributed by atoms with Gasteiger partial charge in [-0.05, 0) is 30.3 Å². The zero-order chi connectivity index (χ0) is 20.4. The van der Waals surface area contributed by atoms with E-state index in [-0.39, 0.29) is 35.3 Å². The van der Waals surface area contributed by atoms with E-state index >= 15 is 0 Å². The monoisotopic (exact) mass is 438 g/mol. The Hall–Kier alpha value is -2.33. The molecule has 0 radical (unpaired) electrons. The number of fused-ring (bicyclic) bond motifs is 1. The summed E-state index contributed by atoms with van der Waals surface area (Å²) in [4.78, 5) is 12.7. The van der Waals surface area contributed by atoms with Gasteiger partial charge in [-0.15, -0.1) is 0 Å². The lowest BCUT2D eigenvalue weighted by Gasteiger charge is -2.27. The highest BCUT2D eigenvalue weighted by Crippen LogP contribution is 2.32. The Morgan fingerprint density at radius 2 is 1.83 bits per heavy atom. The van der Waals surface area contributed by atoms with Crippen LogP contribution in [0.25, 0.3) is 0 Å². The molecule has 1 unspecified atom stereocenters. The molecule has 0 bridgehead atoms. The van der Waals surface area contributed by atoms with Crippen molar-refractivity contribution in [3.63, 3.8) is 0 Å². The number of hydrogen-bond donors (Lipinski definition) is 1. The molecule has 2 aliphatic heterocycles. The molecule has 1 saturated heterocycles. The van der Waals surface area contributed by atoms with Crippen molar-refractivity contribution < 1.29 is 27.4 Å². The minimum Gasteiger partial charge on any atom is -0.485 e. The predicted octanol–water partition coefficient (Wildman–Crippen LogP) is 2.14. The van der Waals surface area contributed by atoms with Crippen molar-refractivity contribution in [3.8, 4) is 11.5 Å². The van der Waals surface area contributed by atoms with Gasteiger partial charge in [-0.3, -0.25) is 4.79 Å². The third-order valence-electron chi connectivity index (χ3n) is 4.60. The third kappa shape index (κ3) is 4.18. The van der Waals surface area contributed by atoms with Crippen molar-refractivity contribution in [2.45, 2.75) is 11.0 Å². The lowest BCUT2D eigenvalue weighted by Crippen LogP contribution is -2.41. The van der Waals surface area contributed by atoms with Crippen LogP contribution >= 0.6 is 11.6 Å². The SMILES string of the molecule is O=C(Nc1cc(S(=O)(=O)N2CCOCC2)ccc1Cl)C1COc2ccccc2O1. The summed E-state index contributed by atoms with van der Waals surface area (Å²) in [5, 5.41) is 2.86. The molecule has 8 nitrogen and oxygen atoms in total. The molecule has 1 amide bonds. The molecule has 0 spiro atoms. The van der Waals surface area contributed by atoms with E-state index in [0.717, 1.165) is 0 Å². The molecule has 0 aliphatic carbocycles. The second-order valence-electron chi connectivity index (χ2n) is 6.51. The minimum absolute atomic E-state index is 0.0340. The Bertz CT molecular complexity index is 1020. The summed E-state index contributed by atoms with van der Waals surface area (Å²) in [6, 6.07) is 11.2. The normalized spacial score (nSPS) is 19.6. The van der Waals surface area contributed by atoms with Crippen LogP contribution < -0.4 is 14.8 Å². The number of nitrogens with one attached hydrogen (secondary N) is 1. The number of carbonyl (C=O) groups excluding carboxylic acids is 1. The van der Waals surface area contributed by atoms with Gasteiger partial charge in [0.1, 0.15) is 6.61 Å². The Morgan fingerprint density at radius 1 is 1.10 bits per heavy atom. The fourth-order valence-corrected chi connectivity index (χ4v) is 4.66. The molecule has 2 aliphatic rings. The molecule has 29 heavy (non-hydrogen) atoms. The van der Waals surface area contributed by atoms with Crippen molar-refractivity contribution in [1.82, 2.24) is 4.31 Å². The van der Waals surface area contributed by atoms with Crippen molar-refractivity contribution in [3.05, 3.63) is 47.5 Å². The lowest BCUT2D eigenvalue weighted by molar-refractivity contribution is -0.125. The summed E-state index contributed by atoms with van der Waals surface area (Å²) in [6.45, 7) is 1.28. The van der Waals surface area contributed by atoms with Crippen LogP contribution in [0, 0.1) is 0 Å². The standard InChI is InChI=1S/C19H19ClN2O6S/c20-14-6-5-13(29(24,25)22-7-9-26-10-8-22)11-15(14)21-19(23)18-12-27-16-3-1-2-4-17(16)28-18/h1-6,11,18H,7-10,12H2,(H,21,23). The van der Waals surface area contributed by atoms with E-state index in [1.54, 1.807) is 18.2 Å². The molecule has 10 heteroatoms. The molecule has 0 saturated carbocycles. The molecule has 1 atom stereocenters. The fourth-order valence-electron chi connectivity index (χ4n) is 3.06. The van der Waals surface area contributed by atoms with Crippen molar-refractivity contribution in [1.29, 1.82) is 0 Å². The maximum Gasteiger partial charge on any atom is 0.269 e. The fraction of sp³-hybridized carbons (Fsp3) is 0.316. The number of hydrogen-bond acceptors (Lipinski definition) is 6. The van der Waals surface area contributed by atoms with Gasteiger partial charge in [-0.2, -0.15) is 4.31 Å². The Kier molecular flexibility index (Phi) is 5.64. The van der Waals surface area contributed by atoms with Crippen molar-refractivity contribution in [2.24, 2.45) is 0 Å². The zero-order valence-electron chi connectivity index (χ0n) is 15.3. The smallest absolute Gasteiger partial charge is 0.269 e. The first-order valence-corrected chi connectivity index (χ1v) is 10.8. The van der Waals surface area contributed by atoms with Gasteiger partial charge in [0, 0.05) is 13.1 Å². The third-order valence-corrected chi connectivity index (χ3v) is 6.83. The summed E-state index contributed by atoms with van der Waals surface area (Å²) in [7, 11) is -3.71. The molecule has 2 aromatic carbocycles. The summed E-state index contributed by atoms with van der Waals surface area (Å²) in [5.41, 5.74) is 0.188. The number of amides is 1. The predicted molar refractivity (Wildman–Crippen MR) is 106 cm³/mol. The molecule has 2 aromatic rings. The lowest BCUT2D eigenvalue weighted by atomic mass is 10.2. The molecular weight excluding hydrogens is 420 g/mol. The molecule has 1 N–H and O–H groups in total. The average molecular weight is 439 g/mol. The number of carbonyl (C=O) groups is 1. The van der Waals surface area contributed by atoms with Gasteiger partial charge >= 0.3 is 0 Å². The number of rotatable bonds is 4. The van der Waals surface area contributed by atoms with Crippen LogP contribution in [0.3, 0.4) is 0 Å². The van der Waals surface area contributed by atoms with Gasteiger partial charge in [0.15, 0.2) is 11.5 Å². The maximum absolute atomic E-state index is 12.8. The van der Waals surface area contributed by atoms with E-state index in [1.165, 1.54) is 22.5 Å². The first-order chi connectivity index (χ1) is 13.9. The van der Waals surface area contributed by atoms with Crippen LogP contribution in [0.4, 0.5) is 5.69 Å². The molecular formula is C19H19ClN2O6S. The number of anilines is 1. The molecule has 4 rings (SSSR count). The number of ether oxygens (including phenoxy) is 3. The first-order valence-electron chi connectivity index (χ1n) is 9.02. The quantitative estimate of drug-likeness (QED) is 0.786. The van der Waals surface area contributed by atoms with Gasteiger partial charge in [0.25, 0.3) is 5.91 Å². The summed E-state index contributed by atoms with van der Waals surface area (Å²) < 4.78 is 43.5. The number of sulfonamides is 1. The van der Waals surface area contributed by atoms with Crippen LogP contribution in [-0.4, -0.2) is 57.6 Å². The van der Waals surface area contributed by atoms with Gasteiger partial charge in [-0.25, -0.2) is 8.42 Å². The molecule has 0 aromatic heterocycles. The molecule has 154 valence electrons. The highest BCUT2D eigenvalue weighted by Gasteiger charge is 2.30. The minimum atomic E-state index is -3.71. The van der Waals surface area contributed by atoms with Gasteiger partial charge in [0.05, 0.1) is 28.8 Å².